The Morgan fingerprint density at radius 3 is 2.47 bits per heavy atom. The summed E-state index contributed by atoms with van der Waals surface area (Å²) >= 11 is 3.29. The van der Waals surface area contributed by atoms with Crippen LogP contribution in [0.25, 0.3) is 0 Å². The Balaban J connectivity index is 2.12. The van der Waals surface area contributed by atoms with Crippen molar-refractivity contribution in [2.75, 3.05) is 13.6 Å². The van der Waals surface area contributed by atoms with Gasteiger partial charge >= 0.3 is 0 Å². The molecule has 1 N–H and O–H groups in total. The number of hydrogen-bond acceptors (Lipinski definition) is 3. The van der Waals surface area contributed by atoms with Crippen molar-refractivity contribution in [3.8, 4) is 0 Å². The zero-order chi connectivity index (χ0) is 14.0. The first-order valence-corrected chi connectivity index (χ1v) is 8.54. The molecule has 2 rings (SSSR count). The third kappa shape index (κ3) is 3.37. The van der Waals surface area contributed by atoms with E-state index in [1.54, 1.807) is 31.3 Å². The summed E-state index contributed by atoms with van der Waals surface area (Å²) < 4.78 is 26.9. The molecule has 4 nitrogen and oxygen atoms in total. The molecule has 1 saturated carbocycles. The lowest BCUT2D eigenvalue weighted by molar-refractivity contribution is 0.123. The summed E-state index contributed by atoms with van der Waals surface area (Å²) in [5, 5.41) is 9.78. The highest BCUT2D eigenvalue weighted by atomic mass is 79.9. The van der Waals surface area contributed by atoms with Gasteiger partial charge in [-0.2, -0.15) is 0 Å². The van der Waals surface area contributed by atoms with Crippen molar-refractivity contribution in [2.45, 2.75) is 30.3 Å². The second-order valence-electron chi connectivity index (χ2n) is 5.00. The van der Waals surface area contributed by atoms with Crippen LogP contribution in [0.2, 0.25) is 0 Å². The number of halogens is 1. The molecule has 0 heterocycles. The van der Waals surface area contributed by atoms with Crippen LogP contribution in [0, 0.1) is 5.92 Å². The van der Waals surface area contributed by atoms with E-state index in [9.17, 15) is 13.5 Å². The number of benzene rings is 1. The number of aliphatic hydroxyl groups excluding tert-OH is 1. The van der Waals surface area contributed by atoms with E-state index in [1.165, 1.54) is 4.31 Å². The maximum absolute atomic E-state index is 12.4. The fourth-order valence-corrected chi connectivity index (χ4v) is 3.94. The highest BCUT2D eigenvalue weighted by molar-refractivity contribution is 9.10. The number of aliphatic hydroxyl groups is 1. The highest BCUT2D eigenvalue weighted by Crippen LogP contribution is 2.27. The predicted octanol–water partition coefficient (Wildman–Crippen LogP) is 2.23. The van der Waals surface area contributed by atoms with Gasteiger partial charge in [0.2, 0.25) is 10.0 Å². The summed E-state index contributed by atoms with van der Waals surface area (Å²) in [5.41, 5.74) is 0. The number of rotatable bonds is 4. The van der Waals surface area contributed by atoms with Crippen molar-refractivity contribution in [1.29, 1.82) is 0 Å². The van der Waals surface area contributed by atoms with Gasteiger partial charge in [-0.15, -0.1) is 0 Å². The molecular formula is C13H18BrNO3S. The summed E-state index contributed by atoms with van der Waals surface area (Å²) in [5.74, 6) is 0.0511. The normalized spacial score (nSPS) is 24.0. The number of nitrogens with zero attached hydrogens (tertiary/aromatic N) is 1. The molecule has 0 spiro atoms. The summed E-state index contributed by atoms with van der Waals surface area (Å²) in [6.07, 6.45) is 2.26. The molecule has 106 valence electrons. The Kier molecular flexibility index (Phi) is 4.66. The Morgan fingerprint density at radius 1 is 1.32 bits per heavy atom. The molecule has 1 aromatic carbocycles. The van der Waals surface area contributed by atoms with Crippen LogP contribution in [-0.4, -0.2) is 37.5 Å². The molecule has 2 atom stereocenters. The van der Waals surface area contributed by atoms with Crippen LogP contribution in [-0.2, 0) is 10.0 Å². The molecule has 19 heavy (non-hydrogen) atoms. The molecular weight excluding hydrogens is 330 g/mol. The summed E-state index contributed by atoms with van der Waals surface area (Å²) in [4.78, 5) is 0.283. The van der Waals surface area contributed by atoms with Gasteiger partial charge in [-0.25, -0.2) is 12.7 Å². The molecule has 6 heteroatoms. The Labute approximate surface area is 122 Å². The minimum atomic E-state index is -3.47. The van der Waals surface area contributed by atoms with Crippen LogP contribution in [0.3, 0.4) is 0 Å². The van der Waals surface area contributed by atoms with E-state index in [4.69, 9.17) is 0 Å². The summed E-state index contributed by atoms with van der Waals surface area (Å²) in [7, 11) is -1.89. The van der Waals surface area contributed by atoms with Gasteiger partial charge in [0.25, 0.3) is 0 Å². The molecule has 2 unspecified atom stereocenters. The zero-order valence-corrected chi connectivity index (χ0v) is 13.2. The molecule has 1 aliphatic carbocycles. The first-order valence-electron chi connectivity index (χ1n) is 6.31. The van der Waals surface area contributed by atoms with E-state index in [-0.39, 0.29) is 16.9 Å². The fourth-order valence-electron chi connectivity index (χ4n) is 2.45. The molecule has 0 saturated heterocycles. The van der Waals surface area contributed by atoms with Crippen molar-refractivity contribution in [3.63, 3.8) is 0 Å². The summed E-state index contributed by atoms with van der Waals surface area (Å²) in [6, 6.07) is 6.60. The van der Waals surface area contributed by atoms with Gasteiger partial charge in [0.05, 0.1) is 11.0 Å². The van der Waals surface area contributed by atoms with E-state index < -0.39 is 10.0 Å². The van der Waals surface area contributed by atoms with Crippen LogP contribution >= 0.6 is 15.9 Å². The molecule has 0 aliphatic heterocycles. The smallest absolute Gasteiger partial charge is 0.242 e. The number of hydrogen-bond donors (Lipinski definition) is 1. The van der Waals surface area contributed by atoms with Gasteiger partial charge in [0.1, 0.15) is 0 Å². The largest absolute Gasteiger partial charge is 0.393 e. The van der Waals surface area contributed by atoms with Crippen LogP contribution in [0.1, 0.15) is 19.3 Å². The van der Waals surface area contributed by atoms with E-state index >= 15 is 0 Å². The maximum atomic E-state index is 12.4. The van der Waals surface area contributed by atoms with Crippen LogP contribution < -0.4 is 0 Å². The lowest BCUT2D eigenvalue weighted by Gasteiger charge is -2.22. The summed E-state index contributed by atoms with van der Waals surface area (Å²) in [6.45, 7) is 0.375. The monoisotopic (exact) mass is 347 g/mol. The first kappa shape index (κ1) is 15.0. The Hall–Kier alpha value is -0.430. The zero-order valence-electron chi connectivity index (χ0n) is 10.8. The van der Waals surface area contributed by atoms with E-state index in [1.807, 2.05) is 0 Å². The van der Waals surface area contributed by atoms with Crippen LogP contribution in [0.4, 0.5) is 0 Å². The molecule has 0 bridgehead atoms. The van der Waals surface area contributed by atoms with Crippen LogP contribution in [0.15, 0.2) is 33.6 Å². The van der Waals surface area contributed by atoms with Gasteiger partial charge in [0, 0.05) is 18.1 Å². The molecule has 1 fully saturated rings. The van der Waals surface area contributed by atoms with Gasteiger partial charge in [0.15, 0.2) is 0 Å². The first-order chi connectivity index (χ1) is 8.91. The van der Waals surface area contributed by atoms with Gasteiger partial charge in [-0.3, -0.25) is 0 Å². The standard InChI is InChI=1S/C13H18BrNO3S/c1-15(9-10-3-2-4-13(10)16)19(17,18)12-7-5-11(14)6-8-12/h5-8,10,13,16H,2-4,9H2,1H3. The van der Waals surface area contributed by atoms with Crippen molar-refractivity contribution in [1.82, 2.24) is 4.31 Å². The van der Waals surface area contributed by atoms with Crippen molar-refractivity contribution >= 4 is 26.0 Å². The Bertz CT molecular complexity index is 529. The van der Waals surface area contributed by atoms with Crippen molar-refractivity contribution in [2.24, 2.45) is 5.92 Å². The van der Waals surface area contributed by atoms with Gasteiger partial charge in [-0.1, -0.05) is 22.4 Å². The second-order valence-corrected chi connectivity index (χ2v) is 7.96. The average Bonchev–Trinajstić information content (AvgIpc) is 2.75. The third-order valence-electron chi connectivity index (χ3n) is 3.63. The molecule has 0 amide bonds. The van der Waals surface area contributed by atoms with Crippen molar-refractivity contribution < 1.29 is 13.5 Å². The van der Waals surface area contributed by atoms with Crippen molar-refractivity contribution in [3.05, 3.63) is 28.7 Å². The minimum absolute atomic E-state index is 0.0511. The average molecular weight is 348 g/mol. The molecule has 0 radical (unpaired) electrons. The highest BCUT2D eigenvalue weighted by Gasteiger charge is 2.30. The third-order valence-corrected chi connectivity index (χ3v) is 6.00. The second kappa shape index (κ2) is 5.91. The SMILES string of the molecule is CN(CC1CCCC1O)S(=O)(=O)c1ccc(Br)cc1. The predicted molar refractivity (Wildman–Crippen MR) is 77.3 cm³/mol. The topological polar surface area (TPSA) is 57.6 Å². The van der Waals surface area contributed by atoms with E-state index in [2.05, 4.69) is 15.9 Å². The lowest BCUT2D eigenvalue weighted by Crippen LogP contribution is -2.34. The fraction of sp³-hybridized carbons (Fsp3) is 0.538. The molecule has 1 aromatic rings. The minimum Gasteiger partial charge on any atom is -0.393 e. The number of sulfonamides is 1. The lowest BCUT2D eigenvalue weighted by atomic mass is 10.1. The Morgan fingerprint density at radius 2 is 1.95 bits per heavy atom. The molecule has 0 aromatic heterocycles. The van der Waals surface area contributed by atoms with Crippen LogP contribution in [0.5, 0.6) is 0 Å². The van der Waals surface area contributed by atoms with E-state index in [0.717, 1.165) is 23.7 Å². The van der Waals surface area contributed by atoms with E-state index in [0.29, 0.717) is 6.54 Å². The molecule has 1 aliphatic rings. The van der Waals surface area contributed by atoms with Gasteiger partial charge in [-0.05, 0) is 43.0 Å². The maximum Gasteiger partial charge on any atom is 0.242 e. The van der Waals surface area contributed by atoms with Gasteiger partial charge < -0.3 is 5.11 Å². The quantitative estimate of drug-likeness (QED) is 0.908.